The number of hydrogen-bond donors (Lipinski definition) is 1. The van der Waals surface area contributed by atoms with Crippen LogP contribution in [0.4, 0.5) is 0 Å². The first-order valence-corrected chi connectivity index (χ1v) is 9.01. The number of methoxy groups -OCH3 is 1. The van der Waals surface area contributed by atoms with E-state index in [-0.39, 0.29) is 0 Å². The molecule has 0 bridgehead atoms. The summed E-state index contributed by atoms with van der Waals surface area (Å²) in [5.74, 6) is 2.24. The Bertz CT molecular complexity index is 339. The summed E-state index contributed by atoms with van der Waals surface area (Å²) in [6.45, 7) is 3.40. The highest BCUT2D eigenvalue weighted by Gasteiger charge is 2.03. The van der Waals surface area contributed by atoms with Crippen molar-refractivity contribution in [2.45, 2.75) is 45.1 Å². The molecule has 114 valence electrons. The largest absolute Gasteiger partial charge is 0.497 e. The predicted molar refractivity (Wildman–Crippen MR) is 91.0 cm³/mol. The molecule has 0 heterocycles. The van der Waals surface area contributed by atoms with E-state index >= 15 is 0 Å². The number of ether oxygens (including phenoxy) is 1. The summed E-state index contributed by atoms with van der Waals surface area (Å²) >= 11 is 1.95. The zero-order valence-electron chi connectivity index (χ0n) is 13.2. The lowest BCUT2D eigenvalue weighted by atomic mass is 10.1. The minimum absolute atomic E-state index is 0.537. The summed E-state index contributed by atoms with van der Waals surface area (Å²) in [6, 6.07) is 8.91. The molecule has 0 spiro atoms. The molecule has 1 rings (SSSR count). The van der Waals surface area contributed by atoms with Gasteiger partial charge in [-0.25, -0.2) is 0 Å². The molecule has 1 aromatic carbocycles. The van der Waals surface area contributed by atoms with Gasteiger partial charge in [-0.3, -0.25) is 0 Å². The molecular formula is C17H29NOS. The highest BCUT2D eigenvalue weighted by atomic mass is 32.2. The quantitative estimate of drug-likeness (QED) is 0.620. The molecule has 20 heavy (non-hydrogen) atoms. The summed E-state index contributed by atoms with van der Waals surface area (Å²) in [6.07, 6.45) is 8.64. The van der Waals surface area contributed by atoms with Gasteiger partial charge in [0.2, 0.25) is 0 Å². The van der Waals surface area contributed by atoms with Gasteiger partial charge in [-0.2, -0.15) is 11.8 Å². The summed E-state index contributed by atoms with van der Waals surface area (Å²) in [4.78, 5) is 0. The summed E-state index contributed by atoms with van der Waals surface area (Å²) < 4.78 is 5.18. The molecule has 2 nitrogen and oxygen atoms in total. The predicted octanol–water partition coefficient (Wildman–Crippen LogP) is 4.14. The molecule has 0 fully saturated rings. The zero-order chi connectivity index (χ0) is 14.6. The molecule has 0 saturated carbocycles. The normalized spacial score (nSPS) is 12.3. The van der Waals surface area contributed by atoms with Crippen LogP contribution in [0.2, 0.25) is 0 Å². The van der Waals surface area contributed by atoms with Crippen LogP contribution in [-0.4, -0.2) is 31.7 Å². The standard InChI is InChI=1S/C17H29NOS/c1-15(18-12-6-4-5-7-13-20-3)14-16-8-10-17(19-2)11-9-16/h8-11,15,18H,4-7,12-14H2,1-3H3. The first kappa shape index (κ1) is 17.4. The molecule has 0 saturated heterocycles. The Kier molecular flexibility index (Phi) is 9.60. The van der Waals surface area contributed by atoms with Gasteiger partial charge in [0.05, 0.1) is 7.11 Å². The fourth-order valence-electron chi connectivity index (χ4n) is 2.26. The van der Waals surface area contributed by atoms with Gasteiger partial charge in [0.15, 0.2) is 0 Å². The van der Waals surface area contributed by atoms with Gasteiger partial charge < -0.3 is 10.1 Å². The maximum atomic E-state index is 5.18. The Hall–Kier alpha value is -0.670. The molecule has 1 atom stereocenters. The SMILES string of the molecule is COc1ccc(CC(C)NCCCCCCSC)cc1. The van der Waals surface area contributed by atoms with Crippen molar-refractivity contribution in [3.8, 4) is 5.75 Å². The van der Waals surface area contributed by atoms with E-state index in [4.69, 9.17) is 4.74 Å². The molecule has 0 radical (unpaired) electrons. The van der Waals surface area contributed by atoms with Crippen molar-refractivity contribution in [1.29, 1.82) is 0 Å². The van der Waals surface area contributed by atoms with E-state index in [9.17, 15) is 0 Å². The number of unbranched alkanes of at least 4 members (excludes halogenated alkanes) is 3. The second-order valence-electron chi connectivity index (χ2n) is 5.31. The van der Waals surface area contributed by atoms with Crippen molar-refractivity contribution < 1.29 is 4.74 Å². The Morgan fingerprint density at radius 1 is 1.10 bits per heavy atom. The van der Waals surface area contributed by atoms with Crippen molar-refractivity contribution in [3.05, 3.63) is 29.8 Å². The first-order valence-electron chi connectivity index (χ1n) is 7.61. The second kappa shape index (κ2) is 11.0. The Morgan fingerprint density at radius 3 is 2.45 bits per heavy atom. The number of nitrogens with one attached hydrogen (secondary N) is 1. The highest BCUT2D eigenvalue weighted by Crippen LogP contribution is 2.12. The van der Waals surface area contributed by atoms with E-state index in [2.05, 4.69) is 30.6 Å². The molecule has 1 N–H and O–H groups in total. The van der Waals surface area contributed by atoms with Gasteiger partial charge in [0.1, 0.15) is 5.75 Å². The van der Waals surface area contributed by atoms with Crippen molar-refractivity contribution in [2.75, 3.05) is 25.7 Å². The van der Waals surface area contributed by atoms with E-state index in [1.807, 2.05) is 23.9 Å². The lowest BCUT2D eigenvalue weighted by Crippen LogP contribution is -2.28. The Labute approximate surface area is 128 Å². The molecule has 0 aromatic heterocycles. The van der Waals surface area contributed by atoms with Crippen LogP contribution < -0.4 is 10.1 Å². The lowest BCUT2D eigenvalue weighted by Gasteiger charge is -2.14. The van der Waals surface area contributed by atoms with Crippen LogP contribution in [0.5, 0.6) is 5.75 Å². The maximum Gasteiger partial charge on any atom is 0.118 e. The number of benzene rings is 1. The molecule has 0 aliphatic heterocycles. The summed E-state index contributed by atoms with van der Waals surface area (Å²) in [5.41, 5.74) is 1.37. The van der Waals surface area contributed by atoms with Crippen molar-refractivity contribution >= 4 is 11.8 Å². The number of thioether (sulfide) groups is 1. The molecule has 0 aliphatic rings. The van der Waals surface area contributed by atoms with Crippen molar-refractivity contribution in [2.24, 2.45) is 0 Å². The van der Waals surface area contributed by atoms with E-state index < -0.39 is 0 Å². The van der Waals surface area contributed by atoms with Crippen molar-refractivity contribution in [1.82, 2.24) is 5.32 Å². The van der Waals surface area contributed by atoms with Gasteiger partial charge in [0, 0.05) is 6.04 Å². The highest BCUT2D eigenvalue weighted by molar-refractivity contribution is 7.98. The van der Waals surface area contributed by atoms with Crippen molar-refractivity contribution in [3.63, 3.8) is 0 Å². The minimum Gasteiger partial charge on any atom is -0.497 e. The van der Waals surface area contributed by atoms with Gasteiger partial charge in [-0.15, -0.1) is 0 Å². The van der Waals surface area contributed by atoms with Gasteiger partial charge in [-0.05, 0) is 62.4 Å². The topological polar surface area (TPSA) is 21.3 Å². The number of rotatable bonds is 11. The molecule has 1 unspecified atom stereocenters. The molecule has 1 aromatic rings. The fraction of sp³-hybridized carbons (Fsp3) is 0.647. The van der Waals surface area contributed by atoms with Crippen LogP contribution >= 0.6 is 11.8 Å². The van der Waals surface area contributed by atoms with E-state index in [1.165, 1.54) is 37.0 Å². The Morgan fingerprint density at radius 2 is 1.80 bits per heavy atom. The van der Waals surface area contributed by atoms with Crippen LogP contribution in [-0.2, 0) is 6.42 Å². The second-order valence-corrected chi connectivity index (χ2v) is 6.30. The third kappa shape index (κ3) is 7.81. The van der Waals surface area contributed by atoms with E-state index in [0.29, 0.717) is 6.04 Å². The summed E-state index contributed by atoms with van der Waals surface area (Å²) in [7, 11) is 1.71. The average molecular weight is 295 g/mol. The first-order chi connectivity index (χ1) is 9.76. The van der Waals surface area contributed by atoms with Crippen LogP contribution in [0.15, 0.2) is 24.3 Å². The lowest BCUT2D eigenvalue weighted by molar-refractivity contribution is 0.414. The molecule has 0 amide bonds. The molecule has 3 heteroatoms. The van der Waals surface area contributed by atoms with Crippen LogP contribution in [0, 0.1) is 0 Å². The smallest absolute Gasteiger partial charge is 0.118 e. The van der Waals surface area contributed by atoms with Crippen LogP contribution in [0.3, 0.4) is 0 Å². The van der Waals surface area contributed by atoms with Crippen LogP contribution in [0.1, 0.15) is 38.2 Å². The molecular weight excluding hydrogens is 266 g/mol. The fourth-order valence-corrected chi connectivity index (χ4v) is 2.75. The Balaban J connectivity index is 2.08. The van der Waals surface area contributed by atoms with Gasteiger partial charge >= 0.3 is 0 Å². The average Bonchev–Trinajstić information content (AvgIpc) is 2.47. The minimum atomic E-state index is 0.537. The monoisotopic (exact) mass is 295 g/mol. The summed E-state index contributed by atoms with van der Waals surface area (Å²) in [5, 5.41) is 3.61. The zero-order valence-corrected chi connectivity index (χ0v) is 14.0. The number of hydrogen-bond acceptors (Lipinski definition) is 3. The third-order valence-electron chi connectivity index (χ3n) is 3.47. The van der Waals surface area contributed by atoms with E-state index in [0.717, 1.165) is 18.7 Å². The third-order valence-corrected chi connectivity index (χ3v) is 4.17. The van der Waals surface area contributed by atoms with Crippen LogP contribution in [0.25, 0.3) is 0 Å². The maximum absolute atomic E-state index is 5.18. The molecule has 0 aliphatic carbocycles. The van der Waals surface area contributed by atoms with Gasteiger partial charge in [-0.1, -0.05) is 25.0 Å². The van der Waals surface area contributed by atoms with Gasteiger partial charge in [0.25, 0.3) is 0 Å². The van der Waals surface area contributed by atoms with E-state index in [1.54, 1.807) is 7.11 Å².